The highest BCUT2D eigenvalue weighted by molar-refractivity contribution is 4.78. The minimum atomic E-state index is 0.420. The highest BCUT2D eigenvalue weighted by Crippen LogP contribution is 2.16. The van der Waals surface area contributed by atoms with Crippen LogP contribution in [0.2, 0.25) is 0 Å². The van der Waals surface area contributed by atoms with Crippen molar-refractivity contribution in [3.63, 3.8) is 0 Å². The average molecular weight is 212 g/mol. The first-order valence-electron chi connectivity index (χ1n) is 6.42. The lowest BCUT2D eigenvalue weighted by Crippen LogP contribution is -2.39. The normalized spacial score (nSPS) is 35.8. The topological polar surface area (TPSA) is 24.5 Å². The second kappa shape index (κ2) is 5.83. The second-order valence-corrected chi connectivity index (χ2v) is 4.86. The van der Waals surface area contributed by atoms with Crippen LogP contribution in [0.15, 0.2) is 0 Å². The molecule has 15 heavy (non-hydrogen) atoms. The zero-order valence-electron chi connectivity index (χ0n) is 9.87. The first-order chi connectivity index (χ1) is 7.36. The van der Waals surface area contributed by atoms with E-state index in [1.165, 1.54) is 45.3 Å². The zero-order chi connectivity index (χ0) is 10.5. The molecule has 2 unspecified atom stereocenters. The summed E-state index contributed by atoms with van der Waals surface area (Å²) in [6.07, 6.45) is 5.63. The molecule has 0 bridgehead atoms. The van der Waals surface area contributed by atoms with Crippen LogP contribution in [0.3, 0.4) is 0 Å². The van der Waals surface area contributed by atoms with Crippen LogP contribution >= 0.6 is 0 Å². The SMILES string of the molecule is CC1CN(C2CCCNCC2)CCCO1. The molecule has 2 atom stereocenters. The van der Waals surface area contributed by atoms with E-state index in [2.05, 4.69) is 17.1 Å². The molecule has 0 radical (unpaired) electrons. The molecule has 2 fully saturated rings. The van der Waals surface area contributed by atoms with Crippen LogP contribution in [0.4, 0.5) is 0 Å². The third-order valence-corrected chi connectivity index (χ3v) is 3.55. The maximum atomic E-state index is 5.70. The minimum Gasteiger partial charge on any atom is -0.377 e. The van der Waals surface area contributed by atoms with Crippen molar-refractivity contribution in [3.8, 4) is 0 Å². The minimum absolute atomic E-state index is 0.420. The molecule has 2 saturated heterocycles. The molecular formula is C12H24N2O. The summed E-state index contributed by atoms with van der Waals surface area (Å²) < 4.78 is 5.70. The lowest BCUT2D eigenvalue weighted by atomic mass is 10.1. The largest absolute Gasteiger partial charge is 0.377 e. The molecule has 0 aromatic rings. The highest BCUT2D eigenvalue weighted by Gasteiger charge is 2.23. The number of nitrogens with zero attached hydrogens (tertiary/aromatic N) is 1. The smallest absolute Gasteiger partial charge is 0.0674 e. The Morgan fingerprint density at radius 3 is 3.07 bits per heavy atom. The van der Waals surface area contributed by atoms with E-state index < -0.39 is 0 Å². The number of nitrogens with one attached hydrogen (secondary N) is 1. The van der Waals surface area contributed by atoms with Crippen molar-refractivity contribution in [3.05, 3.63) is 0 Å². The van der Waals surface area contributed by atoms with Crippen LogP contribution in [0.1, 0.15) is 32.6 Å². The molecule has 0 aliphatic carbocycles. The molecule has 0 aromatic heterocycles. The fraction of sp³-hybridized carbons (Fsp3) is 1.00. The zero-order valence-corrected chi connectivity index (χ0v) is 9.87. The van der Waals surface area contributed by atoms with E-state index in [-0.39, 0.29) is 0 Å². The molecule has 0 amide bonds. The molecule has 2 rings (SSSR count). The van der Waals surface area contributed by atoms with Crippen LogP contribution < -0.4 is 5.32 Å². The van der Waals surface area contributed by atoms with E-state index in [0.717, 1.165) is 19.2 Å². The number of hydrogen-bond acceptors (Lipinski definition) is 3. The van der Waals surface area contributed by atoms with Crippen molar-refractivity contribution in [1.82, 2.24) is 10.2 Å². The van der Waals surface area contributed by atoms with E-state index in [1.54, 1.807) is 0 Å². The van der Waals surface area contributed by atoms with Gasteiger partial charge in [-0.2, -0.15) is 0 Å². The number of ether oxygens (including phenoxy) is 1. The molecule has 1 N–H and O–H groups in total. The predicted molar refractivity (Wildman–Crippen MR) is 62.1 cm³/mol. The van der Waals surface area contributed by atoms with Gasteiger partial charge in [0.05, 0.1) is 6.10 Å². The van der Waals surface area contributed by atoms with Gasteiger partial charge in [0.1, 0.15) is 0 Å². The van der Waals surface area contributed by atoms with Crippen molar-refractivity contribution in [2.45, 2.75) is 44.8 Å². The number of hydrogen-bond donors (Lipinski definition) is 1. The van der Waals surface area contributed by atoms with E-state index in [1.807, 2.05) is 0 Å². The summed E-state index contributed by atoms with van der Waals surface area (Å²) in [5.74, 6) is 0. The van der Waals surface area contributed by atoms with Crippen molar-refractivity contribution >= 4 is 0 Å². The monoisotopic (exact) mass is 212 g/mol. The predicted octanol–water partition coefficient (Wildman–Crippen LogP) is 1.24. The van der Waals surface area contributed by atoms with E-state index in [0.29, 0.717) is 6.10 Å². The van der Waals surface area contributed by atoms with Gasteiger partial charge >= 0.3 is 0 Å². The van der Waals surface area contributed by atoms with E-state index in [9.17, 15) is 0 Å². The van der Waals surface area contributed by atoms with Gasteiger partial charge in [-0.1, -0.05) is 0 Å². The molecule has 0 aromatic carbocycles. The number of rotatable bonds is 1. The molecule has 0 spiro atoms. The van der Waals surface area contributed by atoms with Crippen LogP contribution in [0.5, 0.6) is 0 Å². The van der Waals surface area contributed by atoms with E-state index in [4.69, 9.17) is 4.74 Å². The Labute approximate surface area is 93.2 Å². The van der Waals surface area contributed by atoms with Gasteiger partial charge in [-0.15, -0.1) is 0 Å². The maximum Gasteiger partial charge on any atom is 0.0674 e. The maximum absolute atomic E-state index is 5.70. The molecule has 2 heterocycles. The highest BCUT2D eigenvalue weighted by atomic mass is 16.5. The Balaban J connectivity index is 1.88. The first-order valence-corrected chi connectivity index (χ1v) is 6.42. The summed E-state index contributed by atoms with van der Waals surface area (Å²) in [5, 5.41) is 3.49. The third-order valence-electron chi connectivity index (χ3n) is 3.55. The van der Waals surface area contributed by atoms with Crippen molar-refractivity contribution in [2.75, 3.05) is 32.8 Å². The quantitative estimate of drug-likeness (QED) is 0.708. The molecule has 2 aliphatic heterocycles. The van der Waals surface area contributed by atoms with Crippen molar-refractivity contribution in [2.24, 2.45) is 0 Å². The lowest BCUT2D eigenvalue weighted by molar-refractivity contribution is 0.0593. The van der Waals surface area contributed by atoms with Crippen LogP contribution in [-0.4, -0.2) is 49.8 Å². The summed E-state index contributed by atoms with van der Waals surface area (Å²) in [5.41, 5.74) is 0. The van der Waals surface area contributed by atoms with Gasteiger partial charge in [-0.25, -0.2) is 0 Å². The Morgan fingerprint density at radius 1 is 1.20 bits per heavy atom. The molecule has 3 heteroatoms. The Bertz CT molecular complexity index is 178. The first kappa shape index (κ1) is 11.4. The summed E-state index contributed by atoms with van der Waals surface area (Å²) in [6.45, 7) is 7.91. The van der Waals surface area contributed by atoms with Gasteiger partial charge in [0.25, 0.3) is 0 Å². The van der Waals surface area contributed by atoms with Gasteiger partial charge in [-0.05, 0) is 45.7 Å². The van der Waals surface area contributed by atoms with Crippen molar-refractivity contribution in [1.29, 1.82) is 0 Å². The van der Waals surface area contributed by atoms with Gasteiger partial charge in [-0.3, -0.25) is 4.90 Å². The van der Waals surface area contributed by atoms with Gasteiger partial charge in [0.2, 0.25) is 0 Å². The second-order valence-electron chi connectivity index (χ2n) is 4.86. The molecule has 2 aliphatic rings. The van der Waals surface area contributed by atoms with Crippen LogP contribution in [-0.2, 0) is 4.74 Å². The Kier molecular flexibility index (Phi) is 4.42. The summed E-state index contributed by atoms with van der Waals surface area (Å²) in [6, 6.07) is 0.796. The van der Waals surface area contributed by atoms with Gasteiger partial charge in [0.15, 0.2) is 0 Å². The Hall–Kier alpha value is -0.120. The van der Waals surface area contributed by atoms with Crippen LogP contribution in [0, 0.1) is 0 Å². The van der Waals surface area contributed by atoms with E-state index >= 15 is 0 Å². The molecular weight excluding hydrogens is 188 g/mol. The molecule has 88 valence electrons. The third kappa shape index (κ3) is 3.44. The Morgan fingerprint density at radius 2 is 2.13 bits per heavy atom. The lowest BCUT2D eigenvalue weighted by Gasteiger charge is -2.30. The standard InChI is InChI=1S/C12H24N2O/c1-11-10-14(8-3-9-15-11)12-4-2-6-13-7-5-12/h11-13H,2-10H2,1H3. The summed E-state index contributed by atoms with van der Waals surface area (Å²) in [4.78, 5) is 2.66. The van der Waals surface area contributed by atoms with Gasteiger partial charge < -0.3 is 10.1 Å². The fourth-order valence-corrected chi connectivity index (χ4v) is 2.72. The van der Waals surface area contributed by atoms with Crippen molar-refractivity contribution < 1.29 is 4.74 Å². The molecule has 0 saturated carbocycles. The summed E-state index contributed by atoms with van der Waals surface area (Å²) in [7, 11) is 0. The fourth-order valence-electron chi connectivity index (χ4n) is 2.72. The summed E-state index contributed by atoms with van der Waals surface area (Å²) >= 11 is 0. The average Bonchev–Trinajstić information content (AvgIpc) is 2.59. The van der Waals surface area contributed by atoms with Gasteiger partial charge in [0, 0.05) is 25.7 Å². The van der Waals surface area contributed by atoms with Crippen LogP contribution in [0.25, 0.3) is 0 Å². The molecule has 3 nitrogen and oxygen atoms in total.